The summed E-state index contributed by atoms with van der Waals surface area (Å²) in [5.41, 5.74) is 0. The minimum absolute atomic E-state index is 0. The van der Waals surface area contributed by atoms with Gasteiger partial charge in [-0.25, -0.2) is 0 Å². The van der Waals surface area contributed by atoms with Gasteiger partial charge in [-0.1, -0.05) is 0 Å². The van der Waals surface area contributed by atoms with Gasteiger partial charge in [-0.3, -0.25) is 0 Å². The summed E-state index contributed by atoms with van der Waals surface area (Å²) in [6, 6.07) is 0. The van der Waals surface area contributed by atoms with Gasteiger partial charge in [0.15, 0.2) is 0 Å². The average Bonchev–Trinajstić information content (AvgIpc) is 2.12. The van der Waals surface area contributed by atoms with E-state index in [1.54, 1.807) is 0 Å². The molecule has 10 heteroatoms. The van der Waals surface area contributed by atoms with Crippen LogP contribution in [0.15, 0.2) is 0 Å². The summed E-state index contributed by atoms with van der Waals surface area (Å²) in [4.78, 5) is 0. The molecule has 0 radical (unpaired) electrons. The lowest BCUT2D eigenvalue weighted by molar-refractivity contribution is -0.123. The zero-order chi connectivity index (χ0) is 9.72. The van der Waals surface area contributed by atoms with Crippen LogP contribution in [0.2, 0.25) is 0 Å². The Kier molecular flexibility index (Phi) is 27.0. The normalized spacial score (nSPS) is 16.1. The van der Waals surface area contributed by atoms with Crippen LogP contribution in [0.25, 0.3) is 0 Å². The molecule has 0 bridgehead atoms. The van der Waals surface area contributed by atoms with Gasteiger partial charge in [0.2, 0.25) is 0 Å². The van der Waals surface area contributed by atoms with Crippen molar-refractivity contribution in [2.24, 2.45) is 0 Å². The molecule has 0 saturated heterocycles. The highest BCUT2D eigenvalue weighted by Crippen LogP contribution is 2.03. The van der Waals surface area contributed by atoms with Gasteiger partial charge >= 0.3 is 0 Å². The number of hydrogen-bond donors (Lipinski definition) is 6. The van der Waals surface area contributed by atoms with Crippen LogP contribution in [0.4, 0.5) is 0 Å². The van der Waals surface area contributed by atoms with Crippen LogP contribution in [0.5, 0.6) is 0 Å². The molecule has 106 valence electrons. The summed E-state index contributed by atoms with van der Waals surface area (Å²) in [5.74, 6) is 0. The van der Waals surface area contributed by atoms with Gasteiger partial charge in [-0.2, -0.15) is 0 Å². The van der Waals surface area contributed by atoms with Crippen LogP contribution in [-0.4, -0.2) is 90.2 Å². The van der Waals surface area contributed by atoms with Crippen molar-refractivity contribution < 1.29 is 52.5 Å². The van der Waals surface area contributed by atoms with Crippen LogP contribution in [0.3, 0.4) is 0 Å². The molecule has 0 aliphatic carbocycles. The molecule has 0 saturated carbocycles. The van der Waals surface area contributed by atoms with E-state index in [2.05, 4.69) is 0 Å². The molecule has 14 N–H and O–H groups in total. The van der Waals surface area contributed by atoms with Crippen molar-refractivity contribution >= 4 is 0 Å². The highest BCUT2D eigenvalue weighted by atomic mass is 16.4. The molecule has 0 rings (SSSR count). The van der Waals surface area contributed by atoms with Crippen molar-refractivity contribution in [3.8, 4) is 0 Å². The molecule has 0 spiro atoms. The van der Waals surface area contributed by atoms with Crippen LogP contribution in [-0.2, 0) is 0 Å². The fourth-order valence-electron chi connectivity index (χ4n) is 0.671. The molecular weight excluding hydrogens is 232 g/mol. The van der Waals surface area contributed by atoms with E-state index >= 15 is 0 Å². The molecule has 16 heavy (non-hydrogen) atoms. The molecule has 4 atom stereocenters. The van der Waals surface area contributed by atoms with E-state index in [1.807, 2.05) is 0 Å². The first-order valence-electron chi connectivity index (χ1n) is 3.48. The molecule has 4 unspecified atom stereocenters. The Bertz CT molecular complexity index is 108. The zero-order valence-electron chi connectivity index (χ0n) is 8.41. The van der Waals surface area contributed by atoms with Crippen molar-refractivity contribution in [1.82, 2.24) is 0 Å². The summed E-state index contributed by atoms with van der Waals surface area (Å²) < 4.78 is 0. The van der Waals surface area contributed by atoms with Gasteiger partial charge in [-0.15, -0.1) is 0 Å². The highest BCUT2D eigenvalue weighted by molar-refractivity contribution is 4.79. The van der Waals surface area contributed by atoms with E-state index in [-0.39, 0.29) is 21.9 Å². The lowest BCUT2D eigenvalue weighted by atomic mass is 10.0. The Morgan fingerprint density at radius 2 is 0.750 bits per heavy atom. The third-order valence-electron chi connectivity index (χ3n) is 1.51. The van der Waals surface area contributed by atoms with Crippen LogP contribution < -0.4 is 0 Å². The van der Waals surface area contributed by atoms with Crippen molar-refractivity contribution in [2.75, 3.05) is 13.2 Å². The minimum Gasteiger partial charge on any atom is -0.412 e. The second-order valence-corrected chi connectivity index (χ2v) is 2.48. The van der Waals surface area contributed by atoms with E-state index in [0.717, 1.165) is 0 Å². The monoisotopic (exact) mass is 254 g/mol. The predicted molar refractivity (Wildman–Crippen MR) is 52.7 cm³/mol. The molecule has 0 amide bonds. The van der Waals surface area contributed by atoms with E-state index in [0.29, 0.717) is 0 Å². The Morgan fingerprint density at radius 1 is 0.562 bits per heavy atom. The first kappa shape index (κ1) is 29.6. The fourth-order valence-corrected chi connectivity index (χ4v) is 0.671. The molecule has 10 nitrogen and oxygen atoms in total. The smallest absolute Gasteiger partial charge is 0.111 e. The van der Waals surface area contributed by atoms with Crippen LogP contribution in [0, 0.1) is 0 Å². The summed E-state index contributed by atoms with van der Waals surface area (Å²) >= 11 is 0. The maximum atomic E-state index is 8.96. The van der Waals surface area contributed by atoms with Crippen LogP contribution in [0.1, 0.15) is 0 Å². The highest BCUT2D eigenvalue weighted by Gasteiger charge is 2.29. The quantitative estimate of drug-likeness (QED) is 0.277. The molecule has 0 aromatic rings. The third kappa shape index (κ3) is 8.87. The van der Waals surface area contributed by atoms with Crippen molar-refractivity contribution in [1.29, 1.82) is 0 Å². The first-order valence-corrected chi connectivity index (χ1v) is 3.48. The molecule has 0 fully saturated rings. The SMILES string of the molecule is O.O.O.O.OCC(O)C(O)C(O)C(O)CO. The van der Waals surface area contributed by atoms with E-state index in [4.69, 9.17) is 30.6 Å². The molecule has 0 heterocycles. The van der Waals surface area contributed by atoms with Crippen molar-refractivity contribution in [3.05, 3.63) is 0 Å². The summed E-state index contributed by atoms with van der Waals surface area (Å²) in [6.07, 6.45) is -6.39. The van der Waals surface area contributed by atoms with Crippen molar-refractivity contribution in [2.45, 2.75) is 24.4 Å². The Labute approximate surface area is 91.3 Å². The number of rotatable bonds is 5. The second kappa shape index (κ2) is 14.6. The Hall–Kier alpha value is -0.400. The standard InChI is InChI=1S/C6H14O6.4H2O/c7-1-3(9)5(11)6(12)4(10)2-8;;;;/h3-12H,1-2H2;4*1H2. The topological polar surface area (TPSA) is 247 Å². The van der Waals surface area contributed by atoms with Gasteiger partial charge in [0.25, 0.3) is 0 Å². The zero-order valence-corrected chi connectivity index (χ0v) is 8.41. The van der Waals surface area contributed by atoms with Gasteiger partial charge in [-0.05, 0) is 0 Å². The predicted octanol–water partition coefficient (Wildman–Crippen LogP) is -6.88. The van der Waals surface area contributed by atoms with E-state index in [9.17, 15) is 0 Å². The van der Waals surface area contributed by atoms with Gasteiger partial charge in [0, 0.05) is 0 Å². The van der Waals surface area contributed by atoms with E-state index < -0.39 is 37.6 Å². The number of aliphatic hydroxyl groups is 6. The largest absolute Gasteiger partial charge is 0.412 e. The Balaban J connectivity index is -0.000000101. The van der Waals surface area contributed by atoms with E-state index in [1.165, 1.54) is 0 Å². The van der Waals surface area contributed by atoms with Gasteiger partial charge in [0.1, 0.15) is 24.4 Å². The van der Waals surface area contributed by atoms with Gasteiger partial charge < -0.3 is 52.5 Å². The minimum atomic E-state index is -1.67. The fraction of sp³-hybridized carbons (Fsp3) is 1.00. The second-order valence-electron chi connectivity index (χ2n) is 2.48. The lowest BCUT2D eigenvalue weighted by Gasteiger charge is -2.24. The summed E-state index contributed by atoms with van der Waals surface area (Å²) in [6.45, 7) is -1.45. The summed E-state index contributed by atoms with van der Waals surface area (Å²) in [7, 11) is 0. The molecular formula is C6H22O10. The molecule has 0 aromatic heterocycles. The number of hydrogen-bond acceptors (Lipinski definition) is 6. The average molecular weight is 254 g/mol. The number of aliphatic hydroxyl groups excluding tert-OH is 6. The lowest BCUT2D eigenvalue weighted by Crippen LogP contribution is -2.46. The maximum Gasteiger partial charge on any atom is 0.111 e. The first-order chi connectivity index (χ1) is 5.54. The third-order valence-corrected chi connectivity index (χ3v) is 1.51. The maximum absolute atomic E-state index is 8.96. The summed E-state index contributed by atoms with van der Waals surface area (Å²) in [5, 5.41) is 52.2. The Morgan fingerprint density at radius 3 is 0.875 bits per heavy atom. The molecule has 0 aliphatic rings. The molecule has 0 aliphatic heterocycles. The van der Waals surface area contributed by atoms with Crippen molar-refractivity contribution in [3.63, 3.8) is 0 Å². The van der Waals surface area contributed by atoms with Gasteiger partial charge in [0.05, 0.1) is 13.2 Å². The van der Waals surface area contributed by atoms with Crippen LogP contribution >= 0.6 is 0 Å². The molecule has 0 aromatic carbocycles.